The summed E-state index contributed by atoms with van der Waals surface area (Å²) in [5.74, 6) is -0.135. The van der Waals surface area contributed by atoms with Gasteiger partial charge in [0.15, 0.2) is 5.03 Å². The Labute approximate surface area is 175 Å². The van der Waals surface area contributed by atoms with E-state index in [1.54, 1.807) is 0 Å². The second-order valence-electron chi connectivity index (χ2n) is 6.81. The summed E-state index contributed by atoms with van der Waals surface area (Å²) in [4.78, 5) is 4.09. The van der Waals surface area contributed by atoms with Crippen LogP contribution in [-0.4, -0.2) is 33.6 Å². The van der Waals surface area contributed by atoms with Crippen molar-refractivity contribution >= 4 is 47.6 Å². The second kappa shape index (κ2) is 8.69. The molecule has 154 valence electrons. The molecule has 0 saturated heterocycles. The fourth-order valence-corrected chi connectivity index (χ4v) is 7.34. The van der Waals surface area contributed by atoms with Crippen LogP contribution in [0.5, 0.6) is 0 Å². The van der Waals surface area contributed by atoms with Crippen molar-refractivity contribution in [2.24, 2.45) is 0 Å². The Kier molecular flexibility index (Phi) is 6.69. The van der Waals surface area contributed by atoms with Crippen LogP contribution >= 0.6 is 22.9 Å². The lowest BCUT2D eigenvalue weighted by Gasteiger charge is -2.17. The molecule has 3 rings (SSSR count). The van der Waals surface area contributed by atoms with Crippen LogP contribution in [0.3, 0.4) is 0 Å². The number of rotatable bonds is 6. The van der Waals surface area contributed by atoms with E-state index in [9.17, 15) is 16.8 Å². The van der Waals surface area contributed by atoms with Gasteiger partial charge in [0.2, 0.25) is 24.0 Å². The van der Waals surface area contributed by atoms with Crippen molar-refractivity contribution in [3.63, 3.8) is 0 Å². The van der Waals surface area contributed by atoms with E-state index in [4.69, 9.17) is 11.6 Å². The highest BCUT2D eigenvalue weighted by Crippen LogP contribution is 2.36. The molecule has 2 aromatic rings. The Hall–Kier alpha value is -1.16. The molecule has 10 heteroatoms. The molecule has 1 aromatic heterocycles. The standard InChI is InChI=1S/C18H23ClN2O4S3/c1-2-27(22,23)18-21-17(28(24,25)15-11-9-13(19)10-12-15)16(26-18)20-14-7-5-3-4-6-8-14/h9-12,14,20H,2-8H2,1H3. The molecule has 0 bridgehead atoms. The number of hydrogen-bond donors (Lipinski definition) is 1. The van der Waals surface area contributed by atoms with Crippen molar-refractivity contribution in [2.45, 2.75) is 65.8 Å². The van der Waals surface area contributed by atoms with Gasteiger partial charge in [0.05, 0.1) is 10.6 Å². The number of hydrogen-bond acceptors (Lipinski definition) is 7. The minimum atomic E-state index is -3.98. The Morgan fingerprint density at radius 1 is 1.07 bits per heavy atom. The Bertz CT molecular complexity index is 1020. The van der Waals surface area contributed by atoms with Crippen molar-refractivity contribution in [2.75, 3.05) is 11.1 Å². The number of benzene rings is 1. The zero-order valence-electron chi connectivity index (χ0n) is 15.5. The summed E-state index contributed by atoms with van der Waals surface area (Å²) in [6, 6.07) is 5.89. The first-order valence-corrected chi connectivity index (χ1v) is 13.6. The molecule has 1 saturated carbocycles. The first-order chi connectivity index (χ1) is 13.2. The number of aromatic nitrogens is 1. The number of thiazole rings is 1. The van der Waals surface area contributed by atoms with Gasteiger partial charge in [-0.05, 0) is 37.1 Å². The van der Waals surface area contributed by atoms with Gasteiger partial charge >= 0.3 is 0 Å². The van der Waals surface area contributed by atoms with Gasteiger partial charge in [-0.2, -0.15) is 0 Å². The molecule has 1 fully saturated rings. The fourth-order valence-electron chi connectivity index (χ4n) is 3.15. The molecule has 28 heavy (non-hydrogen) atoms. The Morgan fingerprint density at radius 3 is 2.25 bits per heavy atom. The first kappa shape index (κ1) is 21.5. The van der Waals surface area contributed by atoms with Crippen LogP contribution in [-0.2, 0) is 19.7 Å². The van der Waals surface area contributed by atoms with E-state index < -0.39 is 19.7 Å². The second-order valence-corrected chi connectivity index (χ2v) is 12.6. The quantitative estimate of drug-likeness (QED) is 0.632. The minimum Gasteiger partial charge on any atom is -0.372 e. The van der Waals surface area contributed by atoms with Crippen LogP contribution < -0.4 is 5.32 Å². The molecule has 0 aliphatic heterocycles. The van der Waals surface area contributed by atoms with Gasteiger partial charge in [0.1, 0.15) is 5.00 Å². The molecule has 6 nitrogen and oxygen atoms in total. The molecule has 1 aliphatic rings. The van der Waals surface area contributed by atoms with E-state index in [2.05, 4.69) is 10.3 Å². The molecular weight excluding hydrogens is 440 g/mol. The summed E-state index contributed by atoms with van der Waals surface area (Å²) in [6.07, 6.45) is 6.30. The van der Waals surface area contributed by atoms with Crippen molar-refractivity contribution in [3.8, 4) is 0 Å². The van der Waals surface area contributed by atoms with Gasteiger partial charge in [-0.25, -0.2) is 21.8 Å². The molecule has 0 radical (unpaired) electrons. The van der Waals surface area contributed by atoms with Gasteiger partial charge in [-0.3, -0.25) is 0 Å². The largest absolute Gasteiger partial charge is 0.372 e. The van der Waals surface area contributed by atoms with E-state index in [-0.39, 0.29) is 26.1 Å². The van der Waals surface area contributed by atoms with Crippen LogP contribution in [0.2, 0.25) is 5.02 Å². The average Bonchev–Trinajstić information content (AvgIpc) is 2.93. The number of nitrogens with one attached hydrogen (secondary N) is 1. The van der Waals surface area contributed by atoms with E-state index in [1.165, 1.54) is 31.2 Å². The maximum atomic E-state index is 13.2. The van der Waals surface area contributed by atoms with Crippen LogP contribution in [0, 0.1) is 0 Å². The SMILES string of the molecule is CCS(=O)(=O)c1nc(S(=O)(=O)c2ccc(Cl)cc2)c(NC2CCCCCC2)s1. The Balaban J connectivity index is 2.05. The predicted octanol–water partition coefficient (Wildman–Crippen LogP) is 4.56. The van der Waals surface area contributed by atoms with Crippen molar-refractivity contribution in [1.82, 2.24) is 4.98 Å². The maximum absolute atomic E-state index is 13.2. The number of anilines is 1. The lowest BCUT2D eigenvalue weighted by atomic mass is 10.1. The maximum Gasteiger partial charge on any atom is 0.226 e. The van der Waals surface area contributed by atoms with Gasteiger partial charge in [-0.15, -0.1) is 0 Å². The normalized spacial score (nSPS) is 16.6. The van der Waals surface area contributed by atoms with Crippen LogP contribution in [0.15, 0.2) is 38.5 Å². The highest BCUT2D eigenvalue weighted by molar-refractivity contribution is 7.94. The van der Waals surface area contributed by atoms with Gasteiger partial charge in [0, 0.05) is 11.1 Å². The minimum absolute atomic E-state index is 0.0339. The highest BCUT2D eigenvalue weighted by Gasteiger charge is 2.31. The lowest BCUT2D eigenvalue weighted by molar-refractivity contribution is 0.588. The zero-order chi connectivity index (χ0) is 20.4. The highest BCUT2D eigenvalue weighted by atomic mass is 35.5. The summed E-state index contributed by atoms with van der Waals surface area (Å²) in [7, 11) is -7.60. The summed E-state index contributed by atoms with van der Waals surface area (Å²) in [6.45, 7) is 1.52. The molecule has 1 N–H and O–H groups in total. The summed E-state index contributed by atoms with van der Waals surface area (Å²) in [5.41, 5.74) is 0. The number of halogens is 1. The molecule has 0 spiro atoms. The van der Waals surface area contributed by atoms with Gasteiger partial charge in [0.25, 0.3) is 0 Å². The molecule has 0 amide bonds. The molecule has 0 atom stereocenters. The molecular formula is C18H23ClN2O4S3. The number of nitrogens with zero attached hydrogens (tertiary/aromatic N) is 1. The Morgan fingerprint density at radius 2 is 1.68 bits per heavy atom. The van der Waals surface area contributed by atoms with Crippen LogP contribution in [0.1, 0.15) is 45.4 Å². The third-order valence-corrected chi connectivity index (χ3v) is 10.0. The van der Waals surface area contributed by atoms with E-state index in [1.807, 2.05) is 0 Å². The van der Waals surface area contributed by atoms with Gasteiger partial charge < -0.3 is 5.32 Å². The summed E-state index contributed by atoms with van der Waals surface area (Å²) < 4.78 is 50.8. The van der Waals surface area contributed by atoms with Crippen LogP contribution in [0.25, 0.3) is 0 Å². The lowest BCUT2D eigenvalue weighted by Crippen LogP contribution is -2.19. The summed E-state index contributed by atoms with van der Waals surface area (Å²) >= 11 is 6.77. The molecule has 1 aromatic carbocycles. The molecule has 1 aliphatic carbocycles. The summed E-state index contributed by atoms with van der Waals surface area (Å²) in [5, 5.41) is 3.77. The zero-order valence-corrected chi connectivity index (χ0v) is 18.7. The predicted molar refractivity (Wildman–Crippen MR) is 112 cm³/mol. The van der Waals surface area contributed by atoms with E-state index in [0.717, 1.165) is 49.9 Å². The van der Waals surface area contributed by atoms with Crippen LogP contribution in [0.4, 0.5) is 5.00 Å². The van der Waals surface area contributed by atoms with E-state index >= 15 is 0 Å². The fraction of sp³-hybridized carbons (Fsp3) is 0.500. The van der Waals surface area contributed by atoms with Crippen molar-refractivity contribution in [3.05, 3.63) is 29.3 Å². The van der Waals surface area contributed by atoms with E-state index in [0.29, 0.717) is 10.0 Å². The molecule has 1 heterocycles. The average molecular weight is 463 g/mol. The first-order valence-electron chi connectivity index (χ1n) is 9.25. The van der Waals surface area contributed by atoms with Crippen molar-refractivity contribution < 1.29 is 16.8 Å². The third kappa shape index (κ3) is 4.69. The van der Waals surface area contributed by atoms with Gasteiger partial charge in [-0.1, -0.05) is 55.5 Å². The topological polar surface area (TPSA) is 93.2 Å². The molecule has 0 unspecified atom stereocenters. The third-order valence-electron chi connectivity index (χ3n) is 4.79. The van der Waals surface area contributed by atoms with Crippen molar-refractivity contribution in [1.29, 1.82) is 0 Å². The number of sulfone groups is 2. The smallest absolute Gasteiger partial charge is 0.226 e. The monoisotopic (exact) mass is 462 g/mol.